The van der Waals surface area contributed by atoms with Crippen molar-refractivity contribution in [1.29, 1.82) is 0 Å². The van der Waals surface area contributed by atoms with Crippen molar-refractivity contribution in [2.24, 2.45) is 0 Å². The van der Waals surface area contributed by atoms with Gasteiger partial charge in [-0.15, -0.1) is 5.92 Å². The molecule has 1 rings (SSSR count). The third-order valence-corrected chi connectivity index (χ3v) is 2.15. The zero-order chi connectivity index (χ0) is 10.9. The van der Waals surface area contributed by atoms with Gasteiger partial charge in [-0.1, -0.05) is 31.8 Å². The van der Waals surface area contributed by atoms with Crippen molar-refractivity contribution in [1.82, 2.24) is 0 Å². The van der Waals surface area contributed by atoms with Crippen LogP contribution in [0.5, 0.6) is 5.75 Å². The summed E-state index contributed by atoms with van der Waals surface area (Å²) in [7, 11) is 0. The molecule has 0 aromatic heterocycles. The molecule has 79 valence electrons. The van der Waals surface area contributed by atoms with Gasteiger partial charge in [0.2, 0.25) is 0 Å². The third-order valence-electron chi connectivity index (χ3n) is 2.15. The molecular formula is C14H17O. The molecule has 1 radical (unpaired) electrons. The van der Waals surface area contributed by atoms with Gasteiger partial charge in [0, 0.05) is 12.8 Å². The van der Waals surface area contributed by atoms with Crippen molar-refractivity contribution < 1.29 is 5.11 Å². The molecule has 0 amide bonds. The van der Waals surface area contributed by atoms with E-state index in [0.29, 0.717) is 6.42 Å². The number of hydrogen-bond donors (Lipinski definition) is 1. The highest BCUT2D eigenvalue weighted by Crippen LogP contribution is 2.10. The lowest BCUT2D eigenvalue weighted by Crippen LogP contribution is -1.80. The molecule has 1 heteroatoms. The average Bonchev–Trinajstić information content (AvgIpc) is 2.23. The lowest BCUT2D eigenvalue weighted by Gasteiger charge is -1.94. The van der Waals surface area contributed by atoms with E-state index in [4.69, 9.17) is 0 Å². The van der Waals surface area contributed by atoms with Crippen LogP contribution in [0.1, 0.15) is 38.2 Å². The van der Waals surface area contributed by atoms with Gasteiger partial charge in [0.25, 0.3) is 0 Å². The van der Waals surface area contributed by atoms with Crippen LogP contribution in [0.3, 0.4) is 0 Å². The summed E-state index contributed by atoms with van der Waals surface area (Å²) in [5, 5.41) is 9.22. The Morgan fingerprint density at radius 1 is 1.33 bits per heavy atom. The molecule has 1 nitrogen and oxygen atoms in total. The Morgan fingerprint density at radius 2 is 2.20 bits per heavy atom. The molecule has 0 aliphatic carbocycles. The van der Waals surface area contributed by atoms with E-state index < -0.39 is 0 Å². The molecule has 0 unspecified atom stereocenters. The quantitative estimate of drug-likeness (QED) is 0.585. The van der Waals surface area contributed by atoms with E-state index in [1.165, 1.54) is 19.3 Å². The summed E-state index contributed by atoms with van der Waals surface area (Å²) in [6, 6.07) is 8.11. The SMILES string of the molecule is CCCCCC#CCc1[c]ccc(O)c1. The summed E-state index contributed by atoms with van der Waals surface area (Å²) >= 11 is 0. The predicted molar refractivity (Wildman–Crippen MR) is 62.6 cm³/mol. The van der Waals surface area contributed by atoms with Crippen LogP contribution < -0.4 is 0 Å². The monoisotopic (exact) mass is 201 g/mol. The van der Waals surface area contributed by atoms with Gasteiger partial charge in [-0.3, -0.25) is 0 Å². The molecule has 0 aliphatic heterocycles. The molecule has 0 atom stereocenters. The van der Waals surface area contributed by atoms with E-state index in [9.17, 15) is 5.11 Å². The minimum atomic E-state index is 0.288. The average molecular weight is 201 g/mol. The van der Waals surface area contributed by atoms with Gasteiger partial charge in [-0.05, 0) is 30.2 Å². The van der Waals surface area contributed by atoms with E-state index in [1.807, 2.05) is 0 Å². The van der Waals surface area contributed by atoms with E-state index in [1.54, 1.807) is 18.2 Å². The standard InChI is InChI=1S/C14H17O/c1-2-3-4-5-6-7-9-13-10-8-11-14(15)12-13/h8,11-12,15H,2-5,9H2,1H3. The highest BCUT2D eigenvalue weighted by atomic mass is 16.3. The van der Waals surface area contributed by atoms with Gasteiger partial charge in [0.05, 0.1) is 0 Å². The zero-order valence-electron chi connectivity index (χ0n) is 9.21. The van der Waals surface area contributed by atoms with E-state index in [-0.39, 0.29) is 5.75 Å². The molecule has 1 N–H and O–H groups in total. The van der Waals surface area contributed by atoms with Crippen LogP contribution in [0.15, 0.2) is 18.2 Å². The minimum Gasteiger partial charge on any atom is -0.508 e. The summed E-state index contributed by atoms with van der Waals surface area (Å²) in [4.78, 5) is 0. The maximum atomic E-state index is 9.22. The molecular weight excluding hydrogens is 184 g/mol. The Balaban J connectivity index is 2.30. The lowest BCUT2D eigenvalue weighted by atomic mass is 10.1. The van der Waals surface area contributed by atoms with Crippen LogP contribution >= 0.6 is 0 Å². The van der Waals surface area contributed by atoms with Gasteiger partial charge >= 0.3 is 0 Å². The number of aromatic hydroxyl groups is 1. The van der Waals surface area contributed by atoms with Gasteiger partial charge in [-0.25, -0.2) is 0 Å². The van der Waals surface area contributed by atoms with Gasteiger partial charge in [0.15, 0.2) is 0 Å². The van der Waals surface area contributed by atoms with Crippen LogP contribution in [0.25, 0.3) is 0 Å². The van der Waals surface area contributed by atoms with Gasteiger partial charge < -0.3 is 5.11 Å². The highest BCUT2D eigenvalue weighted by Gasteiger charge is 1.91. The Morgan fingerprint density at radius 3 is 2.93 bits per heavy atom. The molecule has 0 fully saturated rings. The Labute approximate surface area is 92.1 Å². The van der Waals surface area contributed by atoms with E-state index in [0.717, 1.165) is 12.0 Å². The maximum Gasteiger partial charge on any atom is 0.115 e. The first-order chi connectivity index (χ1) is 7.33. The van der Waals surface area contributed by atoms with Crippen molar-refractivity contribution in [2.45, 2.75) is 39.0 Å². The first-order valence-electron chi connectivity index (χ1n) is 5.48. The Kier molecular flexibility index (Phi) is 5.40. The van der Waals surface area contributed by atoms with Gasteiger partial charge in [0.1, 0.15) is 5.75 Å². The third kappa shape index (κ3) is 5.12. The Hall–Kier alpha value is -1.42. The predicted octanol–water partition coefficient (Wildman–Crippen LogP) is 3.32. The number of benzene rings is 1. The first kappa shape index (κ1) is 11.7. The smallest absolute Gasteiger partial charge is 0.115 e. The fourth-order valence-electron chi connectivity index (χ4n) is 1.31. The van der Waals surface area contributed by atoms with Gasteiger partial charge in [-0.2, -0.15) is 0 Å². The second-order valence-electron chi connectivity index (χ2n) is 3.56. The lowest BCUT2D eigenvalue weighted by molar-refractivity contribution is 0.474. The van der Waals surface area contributed by atoms with Crippen LogP contribution in [0.4, 0.5) is 0 Å². The fourth-order valence-corrected chi connectivity index (χ4v) is 1.31. The number of rotatable bonds is 4. The largest absolute Gasteiger partial charge is 0.508 e. The van der Waals surface area contributed by atoms with Crippen molar-refractivity contribution >= 4 is 0 Å². The molecule has 1 aromatic rings. The second kappa shape index (κ2) is 6.95. The molecule has 0 spiro atoms. The molecule has 0 aliphatic rings. The summed E-state index contributed by atoms with van der Waals surface area (Å²) < 4.78 is 0. The summed E-state index contributed by atoms with van der Waals surface area (Å²) in [5.41, 5.74) is 0.956. The second-order valence-corrected chi connectivity index (χ2v) is 3.56. The molecule has 0 saturated carbocycles. The number of unbranched alkanes of at least 4 members (excludes halogenated alkanes) is 3. The van der Waals surface area contributed by atoms with Crippen molar-refractivity contribution in [3.8, 4) is 17.6 Å². The molecule has 0 heterocycles. The zero-order valence-corrected chi connectivity index (χ0v) is 9.21. The molecule has 0 saturated heterocycles. The van der Waals surface area contributed by atoms with E-state index >= 15 is 0 Å². The summed E-state index contributed by atoms with van der Waals surface area (Å²) in [6.45, 7) is 2.19. The van der Waals surface area contributed by atoms with Crippen LogP contribution in [0.2, 0.25) is 0 Å². The first-order valence-corrected chi connectivity index (χ1v) is 5.48. The number of hydrogen-bond acceptors (Lipinski definition) is 1. The molecule has 15 heavy (non-hydrogen) atoms. The van der Waals surface area contributed by atoms with Crippen molar-refractivity contribution in [2.75, 3.05) is 0 Å². The normalized spacial score (nSPS) is 9.40. The van der Waals surface area contributed by atoms with Crippen LogP contribution in [-0.2, 0) is 6.42 Å². The van der Waals surface area contributed by atoms with Crippen LogP contribution in [0, 0.1) is 17.9 Å². The highest BCUT2D eigenvalue weighted by molar-refractivity contribution is 5.28. The van der Waals surface area contributed by atoms with E-state index in [2.05, 4.69) is 24.8 Å². The molecule has 0 bridgehead atoms. The maximum absolute atomic E-state index is 9.22. The number of phenolic OH excluding ortho intramolecular Hbond substituents is 1. The minimum absolute atomic E-state index is 0.288. The van der Waals surface area contributed by atoms with Crippen molar-refractivity contribution in [3.05, 3.63) is 29.8 Å². The summed E-state index contributed by atoms with van der Waals surface area (Å²) in [6.07, 6.45) is 5.34. The van der Waals surface area contributed by atoms with Crippen LogP contribution in [-0.4, -0.2) is 5.11 Å². The number of phenols is 1. The van der Waals surface area contributed by atoms with Crippen molar-refractivity contribution in [3.63, 3.8) is 0 Å². The summed E-state index contributed by atoms with van der Waals surface area (Å²) in [5.74, 6) is 6.52. The topological polar surface area (TPSA) is 20.2 Å². The Bertz CT molecular complexity index is 344. The molecule has 1 aromatic carbocycles. The fraction of sp³-hybridized carbons (Fsp3) is 0.429.